The lowest BCUT2D eigenvalue weighted by molar-refractivity contribution is -0.138. The number of carboxylic acids is 1. The number of rotatable bonds is 8. The van der Waals surface area contributed by atoms with Crippen LogP contribution in [-0.2, 0) is 11.2 Å². The molecule has 0 saturated carbocycles. The lowest BCUT2D eigenvalue weighted by Gasteiger charge is -2.17. The average Bonchev–Trinajstić information content (AvgIpc) is 3.07. The maximum atomic E-state index is 11.6. The van der Waals surface area contributed by atoms with Gasteiger partial charge in [0.05, 0.1) is 26.7 Å². The molecule has 1 aromatic heterocycles. The molecule has 2 rings (SSSR count). The second-order valence-electron chi connectivity index (χ2n) is 4.87. The summed E-state index contributed by atoms with van der Waals surface area (Å²) >= 11 is 1.44. The molecule has 0 aliphatic heterocycles. The predicted molar refractivity (Wildman–Crippen MR) is 89.1 cm³/mol. The van der Waals surface area contributed by atoms with Crippen molar-refractivity contribution in [2.24, 2.45) is 0 Å². The lowest BCUT2D eigenvalue weighted by atomic mass is 9.97. The molecule has 6 heteroatoms. The number of thiophene rings is 1. The van der Waals surface area contributed by atoms with Gasteiger partial charge in [0, 0.05) is 4.88 Å². The Bertz CT molecular complexity index is 626. The van der Waals surface area contributed by atoms with Crippen molar-refractivity contribution >= 4 is 17.3 Å². The van der Waals surface area contributed by atoms with Crippen LogP contribution in [0.5, 0.6) is 17.2 Å². The van der Waals surface area contributed by atoms with E-state index in [1.165, 1.54) is 11.3 Å². The van der Waals surface area contributed by atoms with Gasteiger partial charge in [0.1, 0.15) is 0 Å². The van der Waals surface area contributed by atoms with E-state index >= 15 is 0 Å². The second kappa shape index (κ2) is 7.87. The van der Waals surface area contributed by atoms with Crippen molar-refractivity contribution in [3.05, 3.63) is 40.1 Å². The van der Waals surface area contributed by atoms with E-state index in [-0.39, 0.29) is 0 Å². The van der Waals surface area contributed by atoms with Gasteiger partial charge in [-0.25, -0.2) is 0 Å². The van der Waals surface area contributed by atoms with Gasteiger partial charge >= 0.3 is 5.97 Å². The summed E-state index contributed by atoms with van der Waals surface area (Å²) in [5.74, 6) is 0.166. The fourth-order valence-electron chi connectivity index (χ4n) is 2.37. The van der Waals surface area contributed by atoms with E-state index in [9.17, 15) is 9.90 Å². The standard InChI is InChI=1S/C17H20O5S/c1-4-22-16-13(20-2)9-11(10-14(16)21-3)8-12(17(18)19)15-6-5-7-23-15/h5-7,9-10,12H,4,8H2,1-3H3,(H,18,19). The van der Waals surface area contributed by atoms with Crippen molar-refractivity contribution in [3.63, 3.8) is 0 Å². The average molecular weight is 336 g/mol. The monoisotopic (exact) mass is 336 g/mol. The summed E-state index contributed by atoms with van der Waals surface area (Å²) in [4.78, 5) is 12.4. The third-order valence-corrected chi connectivity index (χ3v) is 4.42. The van der Waals surface area contributed by atoms with Crippen LogP contribution >= 0.6 is 11.3 Å². The highest BCUT2D eigenvalue weighted by atomic mass is 32.1. The van der Waals surface area contributed by atoms with Gasteiger partial charge in [-0.3, -0.25) is 4.79 Å². The molecule has 124 valence electrons. The summed E-state index contributed by atoms with van der Waals surface area (Å²) in [5, 5.41) is 11.4. The largest absolute Gasteiger partial charge is 0.493 e. The van der Waals surface area contributed by atoms with E-state index in [0.717, 1.165) is 10.4 Å². The number of hydrogen-bond donors (Lipinski definition) is 1. The molecule has 5 nitrogen and oxygen atoms in total. The molecule has 0 aliphatic rings. The Morgan fingerprint density at radius 3 is 2.35 bits per heavy atom. The maximum Gasteiger partial charge on any atom is 0.312 e. The molecule has 0 aliphatic carbocycles. The number of carbonyl (C=O) groups is 1. The highest BCUT2D eigenvalue weighted by molar-refractivity contribution is 7.10. The van der Waals surface area contributed by atoms with Crippen molar-refractivity contribution < 1.29 is 24.1 Å². The van der Waals surface area contributed by atoms with E-state index in [1.807, 2.05) is 24.4 Å². The van der Waals surface area contributed by atoms with Gasteiger partial charge in [0.2, 0.25) is 5.75 Å². The van der Waals surface area contributed by atoms with Crippen molar-refractivity contribution in [3.8, 4) is 17.2 Å². The number of ether oxygens (including phenoxy) is 3. The van der Waals surface area contributed by atoms with Gasteiger partial charge in [0.25, 0.3) is 0 Å². The zero-order valence-corrected chi connectivity index (χ0v) is 14.2. The minimum absolute atomic E-state index is 0.356. The van der Waals surface area contributed by atoms with Crippen LogP contribution in [-0.4, -0.2) is 31.9 Å². The number of methoxy groups -OCH3 is 2. The molecule has 0 fully saturated rings. The SMILES string of the molecule is CCOc1c(OC)cc(CC(C(=O)O)c2cccs2)cc1OC. The molecule has 1 aromatic carbocycles. The second-order valence-corrected chi connectivity index (χ2v) is 5.85. The molecular weight excluding hydrogens is 316 g/mol. The van der Waals surface area contributed by atoms with E-state index in [1.54, 1.807) is 26.4 Å². The molecule has 0 amide bonds. The Hall–Kier alpha value is -2.21. The summed E-state index contributed by atoms with van der Waals surface area (Å²) in [5.41, 5.74) is 0.822. The van der Waals surface area contributed by atoms with Crippen molar-refractivity contribution in [1.82, 2.24) is 0 Å². The highest BCUT2D eigenvalue weighted by Gasteiger charge is 2.23. The summed E-state index contributed by atoms with van der Waals surface area (Å²) in [7, 11) is 3.10. The molecule has 0 radical (unpaired) electrons. The third kappa shape index (κ3) is 3.96. The van der Waals surface area contributed by atoms with Gasteiger partial charge in [-0.2, -0.15) is 0 Å². The molecule has 1 heterocycles. The van der Waals surface area contributed by atoms with Crippen LogP contribution in [0.4, 0.5) is 0 Å². The molecule has 2 aromatic rings. The molecule has 0 saturated heterocycles. The molecule has 0 bridgehead atoms. The third-order valence-electron chi connectivity index (χ3n) is 3.43. The van der Waals surface area contributed by atoms with Crippen LogP contribution in [0, 0.1) is 0 Å². The first-order chi connectivity index (χ1) is 11.1. The Balaban J connectivity index is 2.37. The summed E-state index contributed by atoms with van der Waals surface area (Å²) in [6.07, 6.45) is 0.356. The van der Waals surface area contributed by atoms with Gasteiger partial charge in [0.15, 0.2) is 11.5 Å². The van der Waals surface area contributed by atoms with Gasteiger partial charge in [-0.1, -0.05) is 6.07 Å². The van der Waals surface area contributed by atoms with Crippen LogP contribution in [0.3, 0.4) is 0 Å². The van der Waals surface area contributed by atoms with Gasteiger partial charge < -0.3 is 19.3 Å². The van der Waals surface area contributed by atoms with E-state index < -0.39 is 11.9 Å². The Morgan fingerprint density at radius 2 is 1.91 bits per heavy atom. The fourth-order valence-corrected chi connectivity index (χ4v) is 3.19. The van der Waals surface area contributed by atoms with E-state index in [2.05, 4.69) is 0 Å². The van der Waals surface area contributed by atoms with Gasteiger partial charge in [-0.15, -0.1) is 11.3 Å². The Morgan fingerprint density at radius 1 is 1.26 bits per heavy atom. The number of hydrogen-bond acceptors (Lipinski definition) is 5. The topological polar surface area (TPSA) is 65.0 Å². The Kier molecular flexibility index (Phi) is 5.87. The first-order valence-electron chi connectivity index (χ1n) is 7.24. The highest BCUT2D eigenvalue weighted by Crippen LogP contribution is 2.40. The number of aliphatic carboxylic acids is 1. The summed E-state index contributed by atoms with van der Waals surface area (Å²) < 4.78 is 16.3. The summed E-state index contributed by atoms with van der Waals surface area (Å²) in [6, 6.07) is 7.30. The maximum absolute atomic E-state index is 11.6. The van der Waals surface area contributed by atoms with Crippen molar-refractivity contribution in [2.45, 2.75) is 19.3 Å². The van der Waals surface area contributed by atoms with Crippen molar-refractivity contribution in [1.29, 1.82) is 0 Å². The van der Waals surface area contributed by atoms with Crippen LogP contribution in [0.15, 0.2) is 29.6 Å². The first-order valence-corrected chi connectivity index (χ1v) is 8.12. The molecular formula is C17H20O5S. The zero-order chi connectivity index (χ0) is 16.8. The van der Waals surface area contributed by atoms with Crippen LogP contribution in [0.2, 0.25) is 0 Å². The quantitative estimate of drug-likeness (QED) is 0.798. The van der Waals surface area contributed by atoms with E-state index in [4.69, 9.17) is 14.2 Å². The fraction of sp³-hybridized carbons (Fsp3) is 0.353. The van der Waals surface area contributed by atoms with E-state index in [0.29, 0.717) is 30.3 Å². The normalized spacial score (nSPS) is 11.8. The van der Waals surface area contributed by atoms with Crippen LogP contribution in [0.1, 0.15) is 23.3 Å². The molecule has 23 heavy (non-hydrogen) atoms. The smallest absolute Gasteiger partial charge is 0.312 e. The molecule has 1 unspecified atom stereocenters. The first kappa shape index (κ1) is 17.1. The minimum Gasteiger partial charge on any atom is -0.493 e. The number of benzene rings is 1. The summed E-state index contributed by atoms with van der Waals surface area (Å²) in [6.45, 7) is 2.36. The van der Waals surface area contributed by atoms with Gasteiger partial charge in [-0.05, 0) is 42.5 Å². The molecule has 1 N–H and O–H groups in total. The van der Waals surface area contributed by atoms with Crippen LogP contribution < -0.4 is 14.2 Å². The molecule has 1 atom stereocenters. The molecule has 0 spiro atoms. The van der Waals surface area contributed by atoms with Crippen LogP contribution in [0.25, 0.3) is 0 Å². The van der Waals surface area contributed by atoms with Crippen molar-refractivity contribution in [2.75, 3.05) is 20.8 Å². The zero-order valence-electron chi connectivity index (χ0n) is 13.4. The number of carboxylic acid groups (broad SMARTS) is 1. The lowest BCUT2D eigenvalue weighted by Crippen LogP contribution is -2.13. The Labute approximate surface area is 139 Å². The predicted octanol–water partition coefficient (Wildman–Crippen LogP) is 3.57. The minimum atomic E-state index is -0.848.